The second kappa shape index (κ2) is 25.1. The molecule has 0 aromatic carbocycles. The molecule has 2 fully saturated rings. The van der Waals surface area contributed by atoms with Gasteiger partial charge in [0.15, 0.2) is 0 Å². The average molecular weight is 698 g/mol. The summed E-state index contributed by atoms with van der Waals surface area (Å²) in [6.07, 6.45) is 26.3. The fourth-order valence-electron chi connectivity index (χ4n) is 7.86. The molecule has 280 valence electrons. The van der Waals surface area contributed by atoms with E-state index in [0.717, 1.165) is 102 Å². The Labute approximate surface area is 299 Å². The molecule has 0 aromatic rings. The van der Waals surface area contributed by atoms with Crippen LogP contribution < -0.4 is 0 Å². The summed E-state index contributed by atoms with van der Waals surface area (Å²) in [6, 6.07) is -0.420. The van der Waals surface area contributed by atoms with Crippen LogP contribution in [0.4, 0.5) is 0 Å². The van der Waals surface area contributed by atoms with Crippen LogP contribution in [-0.2, 0) is 19.0 Å². The first-order chi connectivity index (χ1) is 24.5. The molecule has 3 heterocycles. The molecule has 50 heavy (non-hydrogen) atoms. The van der Waals surface area contributed by atoms with Gasteiger partial charge in [-0.15, -0.1) is 0 Å². The molecular formula is C37H63N9O4. The van der Waals surface area contributed by atoms with E-state index < -0.39 is 0 Å². The number of unbranched alkanes of at least 4 members (excludes halogenated alkanes) is 12. The van der Waals surface area contributed by atoms with Crippen LogP contribution in [0.25, 0.3) is 31.3 Å². The second-order valence-electron chi connectivity index (χ2n) is 14.6. The standard InChI is InChI=1S/C37H63N9O4/c1-3-4-5-15-19-30(41-44-38)20-17-22-32(43-46-40)34-24-26-36(50-34)35-25-23-33(49-35)31(42-45-39)21-16-13-11-9-7-6-8-10-12-14-18-29-27-28(2)48-37(29)47/h27-28,30-36H,3-26H2,1-2H3/t28-,30?,31?,32?,33+,34+,35+,36+/m0/s1. The molecule has 13 heteroatoms. The topological polar surface area (TPSA) is 191 Å². The summed E-state index contributed by atoms with van der Waals surface area (Å²) in [5, 5.41) is 12.3. The van der Waals surface area contributed by atoms with Crippen molar-refractivity contribution in [3.63, 3.8) is 0 Å². The smallest absolute Gasteiger partial charge is 0.334 e. The molecule has 0 aromatic heterocycles. The minimum atomic E-state index is -0.248. The normalized spacial score (nSPS) is 24.8. The molecule has 0 aliphatic carbocycles. The van der Waals surface area contributed by atoms with E-state index in [1.54, 1.807) is 0 Å². The Morgan fingerprint density at radius 3 is 1.66 bits per heavy atom. The maximum atomic E-state index is 11.7. The number of carbonyl (C=O) groups excluding carboxylic acids is 1. The third-order valence-electron chi connectivity index (χ3n) is 10.7. The summed E-state index contributed by atoms with van der Waals surface area (Å²) in [4.78, 5) is 21.0. The molecule has 3 aliphatic rings. The summed E-state index contributed by atoms with van der Waals surface area (Å²) in [7, 11) is 0. The highest BCUT2D eigenvalue weighted by molar-refractivity contribution is 5.90. The van der Waals surface area contributed by atoms with Crippen molar-refractivity contribution in [3.8, 4) is 0 Å². The minimum absolute atomic E-state index is 0.0137. The predicted molar refractivity (Wildman–Crippen MR) is 196 cm³/mol. The lowest BCUT2D eigenvalue weighted by molar-refractivity contribution is -0.139. The van der Waals surface area contributed by atoms with E-state index in [1.807, 2.05) is 13.0 Å². The maximum Gasteiger partial charge on any atom is 0.334 e. The summed E-state index contributed by atoms with van der Waals surface area (Å²) < 4.78 is 18.1. The second-order valence-corrected chi connectivity index (χ2v) is 14.6. The van der Waals surface area contributed by atoms with Crippen molar-refractivity contribution in [1.29, 1.82) is 0 Å². The first-order valence-corrected chi connectivity index (χ1v) is 19.8. The Morgan fingerprint density at radius 2 is 1.14 bits per heavy atom. The Bertz CT molecular complexity index is 1170. The first kappa shape index (κ1) is 41.5. The molecule has 3 aliphatic heterocycles. The van der Waals surface area contributed by atoms with Crippen molar-refractivity contribution in [2.45, 2.75) is 217 Å². The van der Waals surface area contributed by atoms with Gasteiger partial charge in [0, 0.05) is 26.4 Å². The van der Waals surface area contributed by atoms with Gasteiger partial charge in [-0.3, -0.25) is 0 Å². The SMILES string of the molecule is CCCCCCC(CCCC(N=[N+]=[N-])[C@H]1CC[C@H]([C@H]2CC[C@H](C(CCCCCCCCCCCCC3=C[C@H](C)OC3=O)N=[N+]=[N-])O2)O1)N=[N+]=[N-]. The van der Waals surface area contributed by atoms with E-state index in [1.165, 1.54) is 51.4 Å². The van der Waals surface area contributed by atoms with Crippen molar-refractivity contribution in [2.75, 3.05) is 0 Å². The van der Waals surface area contributed by atoms with Crippen molar-refractivity contribution >= 4 is 5.97 Å². The van der Waals surface area contributed by atoms with Crippen LogP contribution >= 0.6 is 0 Å². The van der Waals surface area contributed by atoms with Gasteiger partial charge in [0.2, 0.25) is 0 Å². The van der Waals surface area contributed by atoms with Crippen molar-refractivity contribution < 1.29 is 19.0 Å². The van der Waals surface area contributed by atoms with Gasteiger partial charge in [-0.1, -0.05) is 112 Å². The predicted octanol–water partition coefficient (Wildman–Crippen LogP) is 11.8. The molecule has 0 N–H and O–H groups in total. The first-order valence-electron chi connectivity index (χ1n) is 19.8. The number of ether oxygens (including phenoxy) is 3. The molecule has 3 unspecified atom stereocenters. The van der Waals surface area contributed by atoms with Crippen LogP contribution in [0.2, 0.25) is 0 Å². The highest BCUT2D eigenvalue weighted by Crippen LogP contribution is 2.36. The number of hydrogen-bond acceptors (Lipinski definition) is 7. The minimum Gasteiger partial charge on any atom is -0.455 e. The fourth-order valence-corrected chi connectivity index (χ4v) is 7.86. The van der Waals surface area contributed by atoms with Crippen molar-refractivity contribution in [1.82, 2.24) is 0 Å². The maximum absolute atomic E-state index is 11.7. The third kappa shape index (κ3) is 15.5. The zero-order chi connectivity index (χ0) is 35.8. The van der Waals surface area contributed by atoms with E-state index in [9.17, 15) is 15.9 Å². The number of rotatable bonds is 28. The Hall–Kier alpha value is -2.94. The molecule has 8 atom stereocenters. The molecule has 13 nitrogen and oxygen atoms in total. The van der Waals surface area contributed by atoms with E-state index in [2.05, 4.69) is 37.0 Å². The highest BCUT2D eigenvalue weighted by Gasteiger charge is 2.41. The monoisotopic (exact) mass is 698 g/mol. The van der Waals surface area contributed by atoms with Gasteiger partial charge in [-0.2, -0.15) is 0 Å². The Morgan fingerprint density at radius 1 is 0.660 bits per heavy atom. The summed E-state index contributed by atoms with van der Waals surface area (Å²) in [5.74, 6) is -0.136. The number of hydrogen-bond donors (Lipinski definition) is 0. The fraction of sp³-hybridized carbons (Fsp3) is 0.919. The summed E-state index contributed by atoms with van der Waals surface area (Å²) in [5.41, 5.74) is 28.4. The zero-order valence-electron chi connectivity index (χ0n) is 30.8. The molecular weight excluding hydrogens is 634 g/mol. The number of cyclic esters (lactones) is 1. The van der Waals surface area contributed by atoms with Gasteiger partial charge in [0.25, 0.3) is 0 Å². The molecule has 2 saturated heterocycles. The van der Waals surface area contributed by atoms with Gasteiger partial charge < -0.3 is 14.2 Å². The van der Waals surface area contributed by atoms with Gasteiger partial charge in [0.05, 0.1) is 36.5 Å². The van der Waals surface area contributed by atoms with E-state index in [-0.39, 0.29) is 54.6 Å². The number of nitrogens with zero attached hydrogens (tertiary/aromatic N) is 9. The lowest BCUT2D eigenvalue weighted by Gasteiger charge is -2.25. The van der Waals surface area contributed by atoms with Crippen LogP contribution in [0.3, 0.4) is 0 Å². The lowest BCUT2D eigenvalue weighted by Crippen LogP contribution is -2.32. The van der Waals surface area contributed by atoms with Crippen molar-refractivity contribution in [3.05, 3.63) is 43.0 Å². The van der Waals surface area contributed by atoms with Gasteiger partial charge in [-0.05, 0) is 93.8 Å². The zero-order valence-corrected chi connectivity index (χ0v) is 30.8. The van der Waals surface area contributed by atoms with Crippen LogP contribution in [-0.4, -0.2) is 54.6 Å². The number of esters is 1. The largest absolute Gasteiger partial charge is 0.455 e. The molecule has 0 radical (unpaired) electrons. The van der Waals surface area contributed by atoms with Crippen LogP contribution in [0.1, 0.15) is 168 Å². The highest BCUT2D eigenvalue weighted by atomic mass is 16.6. The molecule has 3 rings (SSSR count). The summed E-state index contributed by atoms with van der Waals surface area (Å²) >= 11 is 0. The molecule has 0 bridgehead atoms. The Kier molecular flexibility index (Phi) is 20.8. The third-order valence-corrected chi connectivity index (χ3v) is 10.7. The quantitative estimate of drug-likeness (QED) is 0.0258. The lowest BCUT2D eigenvalue weighted by atomic mass is 9.97. The number of carbonyl (C=O) groups is 1. The van der Waals surface area contributed by atoms with Gasteiger partial charge in [-0.25, -0.2) is 4.79 Å². The summed E-state index contributed by atoms with van der Waals surface area (Å²) in [6.45, 7) is 4.09. The van der Waals surface area contributed by atoms with Gasteiger partial charge >= 0.3 is 5.97 Å². The van der Waals surface area contributed by atoms with Gasteiger partial charge in [0.1, 0.15) is 6.10 Å². The number of azide groups is 3. The molecule has 0 saturated carbocycles. The molecule has 0 spiro atoms. The van der Waals surface area contributed by atoms with E-state index >= 15 is 0 Å². The Balaban J connectivity index is 1.27. The van der Waals surface area contributed by atoms with Crippen LogP contribution in [0.5, 0.6) is 0 Å². The van der Waals surface area contributed by atoms with Crippen LogP contribution in [0, 0.1) is 0 Å². The van der Waals surface area contributed by atoms with E-state index in [4.69, 9.17) is 19.7 Å². The molecule has 0 amide bonds. The van der Waals surface area contributed by atoms with E-state index in [0.29, 0.717) is 6.42 Å². The average Bonchev–Trinajstić information content (AvgIpc) is 3.86. The van der Waals surface area contributed by atoms with Crippen LogP contribution in [0.15, 0.2) is 27.0 Å². The van der Waals surface area contributed by atoms with Crippen molar-refractivity contribution in [2.24, 2.45) is 15.3 Å².